The van der Waals surface area contributed by atoms with Gasteiger partial charge in [0, 0.05) is 17.1 Å². The second-order valence-corrected chi connectivity index (χ2v) is 4.56. The Labute approximate surface area is 103 Å². The zero-order valence-electron chi connectivity index (χ0n) is 10.4. The van der Waals surface area contributed by atoms with Gasteiger partial charge in [0.2, 0.25) is 0 Å². The van der Waals surface area contributed by atoms with Crippen molar-refractivity contribution in [2.24, 2.45) is 0 Å². The monoisotopic (exact) mass is 241 g/mol. The lowest BCUT2D eigenvalue weighted by molar-refractivity contribution is 0.401. The molecule has 0 aliphatic carbocycles. The van der Waals surface area contributed by atoms with E-state index in [1.807, 2.05) is 12.1 Å². The van der Waals surface area contributed by atoms with Crippen molar-refractivity contribution in [2.75, 3.05) is 13.7 Å². The molecule has 0 unspecified atom stereocenters. The second-order valence-electron chi connectivity index (χ2n) is 4.12. The lowest BCUT2D eigenvalue weighted by atomic mass is 9.99. The Balaban J connectivity index is 3.14. The van der Waals surface area contributed by atoms with Crippen molar-refractivity contribution in [2.45, 2.75) is 33.2 Å². The molecule has 0 aromatic heterocycles. The van der Waals surface area contributed by atoms with Gasteiger partial charge < -0.3 is 10.1 Å². The summed E-state index contributed by atoms with van der Waals surface area (Å²) in [6, 6.07) is 3.95. The summed E-state index contributed by atoms with van der Waals surface area (Å²) in [7, 11) is 1.71. The normalized spacial score (nSPS) is 10.9. The summed E-state index contributed by atoms with van der Waals surface area (Å²) in [6.07, 6.45) is 0. The van der Waals surface area contributed by atoms with Crippen LogP contribution >= 0.6 is 11.6 Å². The predicted molar refractivity (Wildman–Crippen MR) is 69.5 cm³/mol. The van der Waals surface area contributed by atoms with E-state index in [2.05, 4.69) is 26.1 Å². The molecule has 0 radical (unpaired) electrons. The van der Waals surface area contributed by atoms with Crippen molar-refractivity contribution >= 4 is 11.6 Å². The molecule has 1 aromatic rings. The molecule has 0 fully saturated rings. The van der Waals surface area contributed by atoms with Gasteiger partial charge in [-0.2, -0.15) is 0 Å². The molecule has 1 aromatic carbocycles. The third-order valence-corrected chi connectivity index (χ3v) is 2.77. The summed E-state index contributed by atoms with van der Waals surface area (Å²) >= 11 is 6.12. The van der Waals surface area contributed by atoms with E-state index in [0.717, 1.165) is 29.4 Å². The number of hydrogen-bond donors (Lipinski definition) is 1. The molecule has 90 valence electrons. The van der Waals surface area contributed by atoms with E-state index in [9.17, 15) is 0 Å². The molecule has 16 heavy (non-hydrogen) atoms. The van der Waals surface area contributed by atoms with Crippen LogP contribution in [0.1, 0.15) is 37.8 Å². The molecule has 0 aliphatic rings. The van der Waals surface area contributed by atoms with E-state index in [4.69, 9.17) is 16.3 Å². The largest absolute Gasteiger partial charge is 0.496 e. The number of benzene rings is 1. The number of hydrogen-bond acceptors (Lipinski definition) is 2. The lowest BCUT2D eigenvalue weighted by Crippen LogP contribution is -2.13. The third kappa shape index (κ3) is 3.13. The zero-order valence-corrected chi connectivity index (χ0v) is 11.2. The highest BCUT2D eigenvalue weighted by molar-refractivity contribution is 6.30. The molecule has 0 atom stereocenters. The molecule has 0 saturated heterocycles. The fraction of sp³-hybridized carbons (Fsp3) is 0.538. The van der Waals surface area contributed by atoms with Crippen LogP contribution in [0.25, 0.3) is 0 Å². The van der Waals surface area contributed by atoms with E-state index < -0.39 is 0 Å². The van der Waals surface area contributed by atoms with Crippen LogP contribution in [0.2, 0.25) is 5.02 Å². The van der Waals surface area contributed by atoms with E-state index in [1.165, 1.54) is 5.56 Å². The van der Waals surface area contributed by atoms with Gasteiger partial charge >= 0.3 is 0 Å². The molecule has 1 N–H and O–H groups in total. The smallest absolute Gasteiger partial charge is 0.126 e. The molecule has 2 nitrogen and oxygen atoms in total. The molecule has 0 saturated carbocycles. The van der Waals surface area contributed by atoms with Gasteiger partial charge in [0.1, 0.15) is 5.75 Å². The van der Waals surface area contributed by atoms with Crippen LogP contribution in [-0.4, -0.2) is 13.7 Å². The highest BCUT2D eigenvalue weighted by Crippen LogP contribution is 2.33. The van der Waals surface area contributed by atoms with Crippen LogP contribution in [0.3, 0.4) is 0 Å². The molecule has 0 spiro atoms. The maximum atomic E-state index is 6.12. The average Bonchev–Trinajstić information content (AvgIpc) is 2.25. The van der Waals surface area contributed by atoms with Crippen molar-refractivity contribution in [1.82, 2.24) is 5.32 Å². The second kappa shape index (κ2) is 6.12. The summed E-state index contributed by atoms with van der Waals surface area (Å²) in [5, 5.41) is 4.07. The van der Waals surface area contributed by atoms with E-state index >= 15 is 0 Å². The maximum absolute atomic E-state index is 6.12. The first-order chi connectivity index (χ1) is 7.60. The van der Waals surface area contributed by atoms with Crippen LogP contribution in [0.5, 0.6) is 5.75 Å². The van der Waals surface area contributed by atoms with Gasteiger partial charge in [-0.3, -0.25) is 0 Å². The molecular formula is C13H20ClNO. The van der Waals surface area contributed by atoms with E-state index in [1.54, 1.807) is 7.11 Å². The molecule has 1 rings (SSSR count). The van der Waals surface area contributed by atoms with Crippen LogP contribution in [0.4, 0.5) is 0 Å². The van der Waals surface area contributed by atoms with Crippen LogP contribution < -0.4 is 10.1 Å². The van der Waals surface area contributed by atoms with Crippen LogP contribution in [0.15, 0.2) is 12.1 Å². The van der Waals surface area contributed by atoms with E-state index in [0.29, 0.717) is 5.92 Å². The average molecular weight is 242 g/mol. The molecule has 0 aliphatic heterocycles. The Hall–Kier alpha value is -0.730. The van der Waals surface area contributed by atoms with Crippen molar-refractivity contribution in [3.63, 3.8) is 0 Å². The minimum Gasteiger partial charge on any atom is -0.496 e. The third-order valence-electron chi connectivity index (χ3n) is 2.55. The maximum Gasteiger partial charge on any atom is 0.126 e. The van der Waals surface area contributed by atoms with Crippen molar-refractivity contribution in [3.8, 4) is 5.75 Å². The fourth-order valence-electron chi connectivity index (χ4n) is 1.74. The van der Waals surface area contributed by atoms with Gasteiger partial charge in [-0.1, -0.05) is 32.4 Å². The Morgan fingerprint density at radius 2 is 2.06 bits per heavy atom. The number of halogens is 1. The van der Waals surface area contributed by atoms with Crippen molar-refractivity contribution < 1.29 is 4.74 Å². The first-order valence-corrected chi connectivity index (χ1v) is 6.05. The highest BCUT2D eigenvalue weighted by Gasteiger charge is 2.13. The van der Waals surface area contributed by atoms with E-state index in [-0.39, 0.29) is 0 Å². The fourth-order valence-corrected chi connectivity index (χ4v) is 1.99. The number of ether oxygens (including phenoxy) is 1. The predicted octanol–water partition coefficient (Wildman–Crippen LogP) is 3.58. The van der Waals surface area contributed by atoms with Crippen molar-refractivity contribution in [1.29, 1.82) is 0 Å². The summed E-state index contributed by atoms with van der Waals surface area (Å²) in [5.74, 6) is 1.37. The lowest BCUT2D eigenvalue weighted by Gasteiger charge is -2.17. The minimum absolute atomic E-state index is 0.411. The Bertz CT molecular complexity index is 350. The Morgan fingerprint density at radius 1 is 1.38 bits per heavy atom. The summed E-state index contributed by atoms with van der Waals surface area (Å²) in [5.41, 5.74) is 2.29. The summed E-state index contributed by atoms with van der Waals surface area (Å²) < 4.78 is 5.49. The SMILES string of the molecule is CCNCc1cc(Cl)cc(C(C)C)c1OC. The number of nitrogens with one attached hydrogen (secondary N) is 1. The molecule has 0 bridgehead atoms. The van der Waals surface area contributed by atoms with Crippen LogP contribution in [-0.2, 0) is 6.54 Å². The highest BCUT2D eigenvalue weighted by atomic mass is 35.5. The topological polar surface area (TPSA) is 21.3 Å². The van der Waals surface area contributed by atoms with Crippen LogP contribution in [0, 0.1) is 0 Å². The Kier molecular flexibility index (Phi) is 5.10. The number of rotatable bonds is 5. The number of methoxy groups -OCH3 is 1. The first kappa shape index (κ1) is 13.3. The minimum atomic E-state index is 0.411. The molecule has 3 heteroatoms. The standard InChI is InChI=1S/C13H20ClNO/c1-5-15-8-10-6-11(14)7-12(9(2)3)13(10)16-4/h6-7,9,15H,5,8H2,1-4H3. The molecular weight excluding hydrogens is 222 g/mol. The van der Waals surface area contributed by atoms with Gasteiger partial charge in [0.15, 0.2) is 0 Å². The first-order valence-electron chi connectivity index (χ1n) is 5.67. The molecule has 0 amide bonds. The Morgan fingerprint density at radius 3 is 2.56 bits per heavy atom. The molecule has 0 heterocycles. The zero-order chi connectivity index (χ0) is 12.1. The van der Waals surface area contributed by atoms with Gasteiger partial charge in [0.05, 0.1) is 7.11 Å². The van der Waals surface area contributed by atoms with Gasteiger partial charge in [-0.15, -0.1) is 0 Å². The van der Waals surface area contributed by atoms with Crippen molar-refractivity contribution in [3.05, 3.63) is 28.3 Å². The van der Waals surface area contributed by atoms with Gasteiger partial charge in [-0.05, 0) is 30.2 Å². The quantitative estimate of drug-likeness (QED) is 0.851. The summed E-state index contributed by atoms with van der Waals surface area (Å²) in [6.45, 7) is 8.10. The summed E-state index contributed by atoms with van der Waals surface area (Å²) in [4.78, 5) is 0. The van der Waals surface area contributed by atoms with Gasteiger partial charge in [0.25, 0.3) is 0 Å². The van der Waals surface area contributed by atoms with Gasteiger partial charge in [-0.25, -0.2) is 0 Å².